The van der Waals surface area contributed by atoms with Crippen molar-refractivity contribution >= 4 is 35.8 Å². The fourth-order valence-electron chi connectivity index (χ4n) is 0.778. The molecule has 2 atom stereocenters. The number of alkyl halides is 2. The third-order valence-corrected chi connectivity index (χ3v) is 2.84. The molecule has 0 bridgehead atoms. The quantitative estimate of drug-likeness (QED) is 0.245. The van der Waals surface area contributed by atoms with Gasteiger partial charge in [0.05, 0.1) is 0 Å². The van der Waals surface area contributed by atoms with Crippen molar-refractivity contribution in [2.75, 3.05) is 0 Å². The number of halogens is 2. The van der Waals surface area contributed by atoms with Crippen LogP contribution in [0.1, 0.15) is 0 Å². The minimum atomic E-state index is -1.73. The van der Waals surface area contributed by atoms with Gasteiger partial charge in [-0.25, -0.2) is 0 Å². The molecule has 0 saturated heterocycles. The third kappa shape index (κ3) is 1.60. The molecular weight excluding hydrogens is 221 g/mol. The van der Waals surface area contributed by atoms with Crippen molar-refractivity contribution in [2.45, 2.75) is 10.4 Å². The SMILES string of the molecule is O=[N+]([O-])C1(Cl)C=CC(S)=CC1Cl. The van der Waals surface area contributed by atoms with Gasteiger partial charge in [0.2, 0.25) is 0 Å². The molecule has 0 N–H and O–H groups in total. The van der Waals surface area contributed by atoms with Gasteiger partial charge in [0.15, 0.2) is 0 Å². The van der Waals surface area contributed by atoms with E-state index in [0.717, 1.165) is 0 Å². The van der Waals surface area contributed by atoms with Gasteiger partial charge in [0.1, 0.15) is 5.38 Å². The van der Waals surface area contributed by atoms with Gasteiger partial charge >= 0.3 is 5.00 Å². The summed E-state index contributed by atoms with van der Waals surface area (Å²) < 4.78 is 0. The summed E-state index contributed by atoms with van der Waals surface area (Å²) in [4.78, 5) is 8.70. The molecule has 0 aromatic carbocycles. The lowest BCUT2D eigenvalue weighted by molar-refractivity contribution is -0.526. The first kappa shape index (κ1) is 9.89. The molecular formula is C6H5Cl2NO2S. The van der Waals surface area contributed by atoms with Crippen molar-refractivity contribution in [1.29, 1.82) is 0 Å². The summed E-state index contributed by atoms with van der Waals surface area (Å²) in [7, 11) is 0. The molecule has 0 amide bonds. The van der Waals surface area contributed by atoms with Gasteiger partial charge in [0.25, 0.3) is 0 Å². The summed E-state index contributed by atoms with van der Waals surface area (Å²) in [6.07, 6.45) is 4.12. The van der Waals surface area contributed by atoms with E-state index in [1.165, 1.54) is 18.2 Å². The van der Waals surface area contributed by atoms with Crippen LogP contribution in [-0.4, -0.2) is 15.3 Å². The van der Waals surface area contributed by atoms with Crippen LogP contribution >= 0.6 is 35.8 Å². The molecule has 1 aliphatic carbocycles. The van der Waals surface area contributed by atoms with Crippen LogP contribution in [-0.2, 0) is 0 Å². The zero-order valence-corrected chi connectivity index (χ0v) is 8.18. The van der Waals surface area contributed by atoms with Gasteiger partial charge in [-0.05, 0) is 23.8 Å². The number of hydrogen-bond acceptors (Lipinski definition) is 3. The smallest absolute Gasteiger partial charge is 0.262 e. The molecule has 2 unspecified atom stereocenters. The van der Waals surface area contributed by atoms with E-state index in [0.29, 0.717) is 4.91 Å². The Labute approximate surface area is 84.6 Å². The van der Waals surface area contributed by atoms with Crippen LogP contribution in [0.15, 0.2) is 23.1 Å². The lowest BCUT2D eigenvalue weighted by Gasteiger charge is -2.20. The minimum Gasteiger partial charge on any atom is -0.262 e. The Hall–Kier alpha value is -0.190. The number of rotatable bonds is 1. The van der Waals surface area contributed by atoms with Gasteiger partial charge in [-0.2, -0.15) is 0 Å². The maximum Gasteiger partial charge on any atom is 0.333 e. The summed E-state index contributed by atoms with van der Waals surface area (Å²) in [6.45, 7) is 0. The van der Waals surface area contributed by atoms with Gasteiger partial charge in [-0.1, -0.05) is 0 Å². The van der Waals surface area contributed by atoms with Gasteiger partial charge < -0.3 is 0 Å². The van der Waals surface area contributed by atoms with Crippen LogP contribution in [0.3, 0.4) is 0 Å². The van der Waals surface area contributed by atoms with E-state index in [4.69, 9.17) is 23.2 Å². The number of nitrogens with zero attached hydrogens (tertiary/aromatic N) is 1. The number of hydrogen-bond donors (Lipinski definition) is 1. The molecule has 0 spiro atoms. The molecule has 1 aliphatic rings. The second-order valence-corrected chi connectivity index (χ2v) is 3.90. The Balaban J connectivity index is 2.99. The monoisotopic (exact) mass is 225 g/mol. The van der Waals surface area contributed by atoms with E-state index in [1.807, 2.05) is 0 Å². The Morgan fingerprint density at radius 3 is 2.75 bits per heavy atom. The zero-order chi connectivity index (χ0) is 9.35. The van der Waals surface area contributed by atoms with Crippen molar-refractivity contribution in [3.8, 4) is 0 Å². The molecule has 66 valence electrons. The Kier molecular flexibility index (Phi) is 2.70. The second kappa shape index (κ2) is 3.28. The zero-order valence-electron chi connectivity index (χ0n) is 5.78. The molecule has 0 radical (unpaired) electrons. The molecule has 6 heteroatoms. The van der Waals surface area contributed by atoms with Gasteiger partial charge in [-0.3, -0.25) is 10.1 Å². The van der Waals surface area contributed by atoms with Crippen LogP contribution in [0.2, 0.25) is 0 Å². The predicted octanol–water partition coefficient (Wildman–Crippen LogP) is 2.19. The topological polar surface area (TPSA) is 43.1 Å². The molecule has 12 heavy (non-hydrogen) atoms. The molecule has 3 nitrogen and oxygen atoms in total. The van der Waals surface area contributed by atoms with E-state index >= 15 is 0 Å². The number of nitro groups is 1. The molecule has 1 rings (SSSR count). The summed E-state index contributed by atoms with van der Waals surface area (Å²) >= 11 is 15.3. The van der Waals surface area contributed by atoms with Gasteiger partial charge in [-0.15, -0.1) is 24.2 Å². The van der Waals surface area contributed by atoms with Crippen molar-refractivity contribution in [3.63, 3.8) is 0 Å². The van der Waals surface area contributed by atoms with Crippen molar-refractivity contribution in [3.05, 3.63) is 33.2 Å². The van der Waals surface area contributed by atoms with Gasteiger partial charge in [0, 0.05) is 15.9 Å². The molecule has 0 fully saturated rings. The maximum absolute atomic E-state index is 10.5. The fourth-order valence-corrected chi connectivity index (χ4v) is 1.50. The lowest BCUT2D eigenvalue weighted by Crippen LogP contribution is -2.39. The third-order valence-electron chi connectivity index (χ3n) is 1.47. The molecule has 0 aliphatic heterocycles. The summed E-state index contributed by atoms with van der Waals surface area (Å²) in [6, 6.07) is 0. The summed E-state index contributed by atoms with van der Waals surface area (Å²) in [5, 5.41) is 9.61. The van der Waals surface area contributed by atoms with Crippen LogP contribution in [0.5, 0.6) is 0 Å². The van der Waals surface area contributed by atoms with Crippen molar-refractivity contribution in [2.24, 2.45) is 0 Å². The van der Waals surface area contributed by atoms with E-state index in [1.54, 1.807) is 0 Å². The Morgan fingerprint density at radius 1 is 1.75 bits per heavy atom. The maximum atomic E-state index is 10.5. The van der Waals surface area contributed by atoms with E-state index < -0.39 is 15.3 Å². The number of thiol groups is 1. The highest BCUT2D eigenvalue weighted by molar-refractivity contribution is 7.84. The Morgan fingerprint density at radius 2 is 2.33 bits per heavy atom. The first-order valence-corrected chi connectivity index (χ1v) is 4.30. The van der Waals surface area contributed by atoms with E-state index in [2.05, 4.69) is 12.6 Å². The average Bonchev–Trinajstić information content (AvgIpc) is 1.97. The second-order valence-electron chi connectivity index (χ2n) is 2.31. The van der Waals surface area contributed by atoms with E-state index in [9.17, 15) is 10.1 Å². The van der Waals surface area contributed by atoms with Crippen molar-refractivity contribution < 1.29 is 4.92 Å². The van der Waals surface area contributed by atoms with Crippen molar-refractivity contribution in [1.82, 2.24) is 0 Å². The highest BCUT2D eigenvalue weighted by Gasteiger charge is 2.46. The fraction of sp³-hybridized carbons (Fsp3) is 0.333. The predicted molar refractivity (Wildman–Crippen MR) is 51.4 cm³/mol. The van der Waals surface area contributed by atoms with Crippen LogP contribution in [0, 0.1) is 10.1 Å². The van der Waals surface area contributed by atoms with Crippen LogP contribution < -0.4 is 0 Å². The van der Waals surface area contributed by atoms with E-state index in [-0.39, 0.29) is 0 Å². The molecule has 0 aromatic rings. The molecule has 0 aromatic heterocycles. The molecule has 0 heterocycles. The highest BCUT2D eigenvalue weighted by Crippen LogP contribution is 2.33. The summed E-state index contributed by atoms with van der Waals surface area (Å²) in [5.74, 6) is 0. The average molecular weight is 226 g/mol. The minimum absolute atomic E-state index is 0.577. The van der Waals surface area contributed by atoms with Crippen LogP contribution in [0.4, 0.5) is 0 Å². The lowest BCUT2D eigenvalue weighted by atomic mass is 10.1. The summed E-state index contributed by atoms with van der Waals surface area (Å²) in [5.41, 5.74) is 0. The first-order chi connectivity index (χ1) is 5.47. The molecule has 0 saturated carbocycles. The number of allylic oxidation sites excluding steroid dienone is 1. The normalized spacial score (nSPS) is 34.6. The van der Waals surface area contributed by atoms with Crippen LogP contribution in [0.25, 0.3) is 0 Å². The first-order valence-electron chi connectivity index (χ1n) is 3.04. The largest absolute Gasteiger partial charge is 0.333 e. The Bertz CT molecular complexity index is 279. The standard InChI is InChI=1S/C6H5Cl2NO2S/c7-5-3-4(12)1-2-6(5,8)9(10)11/h1-3,5,12H. The highest BCUT2D eigenvalue weighted by atomic mass is 35.5.